The largest absolute Gasteiger partial charge is 0.480 e. The van der Waals surface area contributed by atoms with E-state index < -0.39 is 23.8 Å². The first-order chi connectivity index (χ1) is 8.90. The number of hydrogen-bond acceptors (Lipinski definition) is 4. The van der Waals surface area contributed by atoms with Gasteiger partial charge in [-0.2, -0.15) is 0 Å². The number of hydrogen-bond donors (Lipinski definition) is 3. The first-order valence-electron chi connectivity index (χ1n) is 5.64. The van der Waals surface area contributed by atoms with E-state index in [2.05, 4.69) is 10.3 Å². The fraction of sp³-hybridized carbons (Fsp3) is 0.333. The molecule has 0 bridgehead atoms. The summed E-state index contributed by atoms with van der Waals surface area (Å²) in [6.45, 7) is 1.77. The van der Waals surface area contributed by atoms with Crippen molar-refractivity contribution in [3.63, 3.8) is 0 Å². The van der Waals surface area contributed by atoms with Crippen LogP contribution in [0.5, 0.6) is 0 Å². The monoisotopic (exact) mass is 265 g/mol. The van der Waals surface area contributed by atoms with Crippen molar-refractivity contribution in [3.8, 4) is 0 Å². The number of nitrogens with one attached hydrogen (secondary N) is 1. The summed E-state index contributed by atoms with van der Waals surface area (Å²) < 4.78 is 0. The average molecular weight is 265 g/mol. The molecule has 0 aliphatic carbocycles. The Morgan fingerprint density at radius 3 is 2.58 bits per heavy atom. The van der Waals surface area contributed by atoms with Gasteiger partial charge < -0.3 is 16.2 Å². The fourth-order valence-corrected chi connectivity index (χ4v) is 1.39. The van der Waals surface area contributed by atoms with Crippen molar-refractivity contribution in [1.82, 2.24) is 10.3 Å². The molecule has 0 saturated carbocycles. The molecule has 2 amide bonds. The average Bonchev–Trinajstić information content (AvgIpc) is 2.34. The van der Waals surface area contributed by atoms with Crippen LogP contribution in [-0.4, -0.2) is 33.9 Å². The van der Waals surface area contributed by atoms with Gasteiger partial charge in [0.25, 0.3) is 5.91 Å². The number of carbonyl (C=O) groups is 3. The van der Waals surface area contributed by atoms with Gasteiger partial charge in [-0.05, 0) is 25.5 Å². The number of rotatable bonds is 6. The maximum Gasteiger partial charge on any atom is 0.326 e. The van der Waals surface area contributed by atoms with E-state index in [1.165, 1.54) is 6.20 Å². The number of carboxylic acids is 1. The SMILES string of the molecule is Cc1ccc(C(=O)N[C@H](CCC(N)=O)C(=O)O)cn1. The zero-order valence-corrected chi connectivity index (χ0v) is 10.4. The minimum atomic E-state index is -1.21. The number of carboxylic acid groups (broad SMARTS) is 1. The zero-order valence-electron chi connectivity index (χ0n) is 10.4. The summed E-state index contributed by atoms with van der Waals surface area (Å²) in [5, 5.41) is 11.3. The highest BCUT2D eigenvalue weighted by Gasteiger charge is 2.21. The number of pyridine rings is 1. The highest BCUT2D eigenvalue weighted by atomic mass is 16.4. The molecule has 0 saturated heterocycles. The zero-order chi connectivity index (χ0) is 14.4. The van der Waals surface area contributed by atoms with Crippen molar-refractivity contribution in [2.45, 2.75) is 25.8 Å². The maximum atomic E-state index is 11.8. The van der Waals surface area contributed by atoms with Crippen LogP contribution in [0.2, 0.25) is 0 Å². The van der Waals surface area contributed by atoms with Crippen molar-refractivity contribution < 1.29 is 19.5 Å². The van der Waals surface area contributed by atoms with Crippen LogP contribution < -0.4 is 11.1 Å². The molecule has 7 heteroatoms. The Morgan fingerprint density at radius 2 is 2.11 bits per heavy atom. The third-order valence-corrected chi connectivity index (χ3v) is 2.46. The number of nitrogens with two attached hydrogens (primary N) is 1. The Hall–Kier alpha value is -2.44. The first-order valence-corrected chi connectivity index (χ1v) is 5.64. The molecule has 1 heterocycles. The molecular weight excluding hydrogens is 250 g/mol. The van der Waals surface area contributed by atoms with E-state index in [0.29, 0.717) is 0 Å². The van der Waals surface area contributed by atoms with E-state index in [-0.39, 0.29) is 18.4 Å². The molecule has 1 aromatic heterocycles. The molecular formula is C12H15N3O4. The summed E-state index contributed by atoms with van der Waals surface area (Å²) in [7, 11) is 0. The highest BCUT2D eigenvalue weighted by Crippen LogP contribution is 2.03. The molecule has 1 aromatic rings. The van der Waals surface area contributed by atoms with Crippen LogP contribution in [0, 0.1) is 6.92 Å². The normalized spacial score (nSPS) is 11.6. The van der Waals surface area contributed by atoms with Gasteiger partial charge in [0.1, 0.15) is 6.04 Å². The number of aryl methyl sites for hydroxylation is 1. The molecule has 0 aliphatic rings. The van der Waals surface area contributed by atoms with Gasteiger partial charge in [-0.3, -0.25) is 14.6 Å². The van der Waals surface area contributed by atoms with E-state index in [9.17, 15) is 14.4 Å². The van der Waals surface area contributed by atoms with E-state index in [1.54, 1.807) is 19.1 Å². The number of aromatic nitrogens is 1. The first kappa shape index (κ1) is 14.6. The quantitative estimate of drug-likeness (QED) is 0.659. The Morgan fingerprint density at radius 1 is 1.42 bits per heavy atom. The lowest BCUT2D eigenvalue weighted by atomic mass is 10.1. The molecule has 0 fully saturated rings. The molecule has 1 rings (SSSR count). The van der Waals surface area contributed by atoms with Crippen LogP contribution in [0.3, 0.4) is 0 Å². The predicted octanol–water partition coefficient (Wildman–Crippen LogP) is -0.161. The van der Waals surface area contributed by atoms with Crippen LogP contribution in [0.25, 0.3) is 0 Å². The number of carbonyl (C=O) groups excluding carboxylic acids is 2. The van der Waals surface area contributed by atoms with Gasteiger partial charge in [-0.25, -0.2) is 4.79 Å². The molecule has 7 nitrogen and oxygen atoms in total. The minimum absolute atomic E-state index is 0.0459. The van der Waals surface area contributed by atoms with Gasteiger partial charge in [0.2, 0.25) is 5.91 Å². The summed E-state index contributed by atoms with van der Waals surface area (Å²) in [4.78, 5) is 37.3. The summed E-state index contributed by atoms with van der Waals surface area (Å²) >= 11 is 0. The molecule has 1 atom stereocenters. The van der Waals surface area contributed by atoms with Crippen LogP contribution in [0.1, 0.15) is 28.9 Å². The number of primary amides is 1. The lowest BCUT2D eigenvalue weighted by Crippen LogP contribution is -2.41. The van der Waals surface area contributed by atoms with Gasteiger partial charge in [0.15, 0.2) is 0 Å². The Balaban J connectivity index is 2.68. The van der Waals surface area contributed by atoms with Crippen LogP contribution in [0.15, 0.2) is 18.3 Å². The van der Waals surface area contributed by atoms with Crippen molar-refractivity contribution in [2.75, 3.05) is 0 Å². The molecule has 0 spiro atoms. The summed E-state index contributed by atoms with van der Waals surface area (Å²) in [6.07, 6.45) is 1.21. The number of amides is 2. The third-order valence-electron chi connectivity index (χ3n) is 2.46. The standard InChI is InChI=1S/C12H15N3O4/c1-7-2-3-8(6-14-7)11(17)15-9(12(18)19)4-5-10(13)16/h2-3,6,9H,4-5H2,1H3,(H2,13,16)(H,15,17)(H,18,19)/t9-/m1/s1. The second-order valence-electron chi connectivity index (χ2n) is 4.06. The lowest BCUT2D eigenvalue weighted by Gasteiger charge is -2.13. The van der Waals surface area contributed by atoms with Gasteiger partial charge in [0.05, 0.1) is 5.56 Å². The number of nitrogens with zero attached hydrogens (tertiary/aromatic N) is 1. The van der Waals surface area contributed by atoms with Gasteiger partial charge in [-0.1, -0.05) is 0 Å². The highest BCUT2D eigenvalue weighted by molar-refractivity contribution is 5.96. The fourth-order valence-electron chi connectivity index (χ4n) is 1.39. The van der Waals surface area contributed by atoms with E-state index in [1.807, 2.05) is 0 Å². The predicted molar refractivity (Wildman–Crippen MR) is 66.3 cm³/mol. The Labute approximate surface area is 109 Å². The second kappa shape index (κ2) is 6.48. The van der Waals surface area contributed by atoms with E-state index >= 15 is 0 Å². The lowest BCUT2D eigenvalue weighted by molar-refractivity contribution is -0.139. The molecule has 19 heavy (non-hydrogen) atoms. The number of aliphatic carboxylic acids is 1. The van der Waals surface area contributed by atoms with Crippen molar-refractivity contribution in [1.29, 1.82) is 0 Å². The van der Waals surface area contributed by atoms with Crippen molar-refractivity contribution in [2.24, 2.45) is 5.73 Å². The topological polar surface area (TPSA) is 122 Å². The van der Waals surface area contributed by atoms with E-state index in [0.717, 1.165) is 5.69 Å². The van der Waals surface area contributed by atoms with Gasteiger partial charge in [-0.15, -0.1) is 0 Å². The van der Waals surface area contributed by atoms with E-state index in [4.69, 9.17) is 10.8 Å². The summed E-state index contributed by atoms with van der Waals surface area (Å²) in [5.74, 6) is -2.38. The van der Waals surface area contributed by atoms with Gasteiger partial charge >= 0.3 is 5.97 Å². The Bertz CT molecular complexity index is 484. The van der Waals surface area contributed by atoms with Crippen LogP contribution >= 0.6 is 0 Å². The molecule has 0 unspecified atom stereocenters. The minimum Gasteiger partial charge on any atom is -0.480 e. The smallest absolute Gasteiger partial charge is 0.326 e. The Kier molecular flexibility index (Phi) is 4.99. The summed E-state index contributed by atoms with van der Waals surface area (Å²) in [5.41, 5.74) is 5.96. The third kappa shape index (κ3) is 4.74. The van der Waals surface area contributed by atoms with Crippen molar-refractivity contribution >= 4 is 17.8 Å². The van der Waals surface area contributed by atoms with Crippen LogP contribution in [-0.2, 0) is 9.59 Å². The van der Waals surface area contributed by atoms with Gasteiger partial charge in [0, 0.05) is 18.3 Å². The second-order valence-corrected chi connectivity index (χ2v) is 4.06. The summed E-state index contributed by atoms with van der Waals surface area (Å²) in [6, 6.07) is 2.04. The molecule has 4 N–H and O–H groups in total. The molecule has 102 valence electrons. The molecule has 0 aliphatic heterocycles. The molecule has 0 aromatic carbocycles. The van der Waals surface area contributed by atoms with Crippen LogP contribution in [0.4, 0.5) is 0 Å². The maximum absolute atomic E-state index is 11.8. The molecule has 0 radical (unpaired) electrons. The van der Waals surface area contributed by atoms with Crippen molar-refractivity contribution in [3.05, 3.63) is 29.6 Å².